The van der Waals surface area contributed by atoms with Crippen LogP contribution in [0, 0.1) is 5.92 Å². The highest BCUT2D eigenvalue weighted by Gasteiger charge is 2.19. The number of rotatable bonds is 6. The van der Waals surface area contributed by atoms with Crippen LogP contribution < -0.4 is 10.6 Å². The predicted molar refractivity (Wildman–Crippen MR) is 66.2 cm³/mol. The summed E-state index contributed by atoms with van der Waals surface area (Å²) in [5.74, 6) is 0.917. The van der Waals surface area contributed by atoms with Gasteiger partial charge in [0.1, 0.15) is 0 Å². The van der Waals surface area contributed by atoms with Crippen LogP contribution in [0.15, 0.2) is 0 Å². The average molecular weight is 213 g/mol. The van der Waals surface area contributed by atoms with E-state index in [9.17, 15) is 0 Å². The lowest BCUT2D eigenvalue weighted by Gasteiger charge is -2.24. The van der Waals surface area contributed by atoms with Crippen LogP contribution >= 0.6 is 0 Å². The molecule has 1 fully saturated rings. The minimum Gasteiger partial charge on any atom is -0.315 e. The van der Waals surface area contributed by atoms with Crippen LogP contribution in [-0.4, -0.2) is 50.7 Å². The van der Waals surface area contributed by atoms with Crippen molar-refractivity contribution in [2.45, 2.75) is 32.2 Å². The minimum atomic E-state index is 0.215. The van der Waals surface area contributed by atoms with Gasteiger partial charge < -0.3 is 15.5 Å². The van der Waals surface area contributed by atoms with Crippen molar-refractivity contribution in [3.05, 3.63) is 0 Å². The predicted octanol–water partition coefficient (Wildman–Crippen LogP) is 0.916. The first kappa shape index (κ1) is 12.9. The summed E-state index contributed by atoms with van der Waals surface area (Å²) in [6, 6.07) is 0. The molecule has 90 valence electrons. The molecule has 0 aliphatic carbocycles. The van der Waals surface area contributed by atoms with E-state index >= 15 is 0 Å². The van der Waals surface area contributed by atoms with E-state index in [4.69, 9.17) is 0 Å². The molecule has 15 heavy (non-hydrogen) atoms. The molecule has 1 aliphatic rings. The van der Waals surface area contributed by atoms with Crippen LogP contribution in [0.5, 0.6) is 0 Å². The van der Waals surface area contributed by atoms with E-state index in [2.05, 4.69) is 36.4 Å². The van der Waals surface area contributed by atoms with E-state index in [1.54, 1.807) is 0 Å². The Balaban J connectivity index is 2.02. The molecule has 2 N–H and O–H groups in total. The SMILES string of the molecule is CNC(C)(C)CNCCC1CCN(C)C1. The van der Waals surface area contributed by atoms with Gasteiger partial charge in [0.15, 0.2) is 0 Å². The Morgan fingerprint density at radius 1 is 1.40 bits per heavy atom. The van der Waals surface area contributed by atoms with Gasteiger partial charge in [-0.1, -0.05) is 0 Å². The monoisotopic (exact) mass is 213 g/mol. The summed E-state index contributed by atoms with van der Waals surface area (Å²) in [5, 5.41) is 6.84. The number of nitrogens with one attached hydrogen (secondary N) is 2. The van der Waals surface area contributed by atoms with Crippen molar-refractivity contribution in [1.29, 1.82) is 0 Å². The van der Waals surface area contributed by atoms with Crippen molar-refractivity contribution < 1.29 is 0 Å². The molecule has 0 aromatic carbocycles. The summed E-state index contributed by atoms with van der Waals surface area (Å²) in [6.45, 7) is 9.23. The zero-order chi connectivity index (χ0) is 11.3. The summed E-state index contributed by atoms with van der Waals surface area (Å²) in [5.41, 5.74) is 0.215. The standard InChI is InChI=1S/C12H27N3/c1-12(2,13-3)10-14-7-5-11-6-8-15(4)9-11/h11,13-14H,5-10H2,1-4H3. The van der Waals surface area contributed by atoms with Crippen LogP contribution in [0.1, 0.15) is 26.7 Å². The lowest BCUT2D eigenvalue weighted by molar-refractivity contribution is 0.366. The van der Waals surface area contributed by atoms with Crippen LogP contribution in [0.3, 0.4) is 0 Å². The van der Waals surface area contributed by atoms with Gasteiger partial charge in [-0.05, 0) is 59.8 Å². The Kier molecular flexibility index (Phi) is 5.03. The number of nitrogens with zero attached hydrogens (tertiary/aromatic N) is 1. The van der Waals surface area contributed by atoms with Gasteiger partial charge in [-0.25, -0.2) is 0 Å². The molecular weight excluding hydrogens is 186 g/mol. The normalized spacial score (nSPS) is 23.6. The Morgan fingerprint density at radius 2 is 2.13 bits per heavy atom. The zero-order valence-corrected chi connectivity index (χ0v) is 10.8. The van der Waals surface area contributed by atoms with E-state index in [1.807, 2.05) is 7.05 Å². The fourth-order valence-corrected chi connectivity index (χ4v) is 2.06. The van der Waals surface area contributed by atoms with Gasteiger partial charge in [0.05, 0.1) is 0 Å². The molecule has 0 saturated carbocycles. The molecule has 0 aromatic rings. The van der Waals surface area contributed by atoms with Crippen molar-refractivity contribution in [3.63, 3.8) is 0 Å². The molecule has 3 nitrogen and oxygen atoms in total. The lowest BCUT2D eigenvalue weighted by Crippen LogP contribution is -2.46. The Bertz CT molecular complexity index is 180. The maximum absolute atomic E-state index is 3.54. The quantitative estimate of drug-likeness (QED) is 0.642. The summed E-state index contributed by atoms with van der Waals surface area (Å²) in [7, 11) is 4.24. The summed E-state index contributed by atoms with van der Waals surface area (Å²) >= 11 is 0. The lowest BCUT2D eigenvalue weighted by atomic mass is 10.0. The van der Waals surface area contributed by atoms with Crippen molar-refractivity contribution in [3.8, 4) is 0 Å². The minimum absolute atomic E-state index is 0.215. The third-order valence-corrected chi connectivity index (χ3v) is 3.46. The average Bonchev–Trinajstić information content (AvgIpc) is 2.59. The molecular formula is C12H27N3. The second kappa shape index (κ2) is 5.83. The van der Waals surface area contributed by atoms with Gasteiger partial charge in [-0.3, -0.25) is 0 Å². The first-order valence-corrected chi connectivity index (χ1v) is 6.12. The van der Waals surface area contributed by atoms with Gasteiger partial charge in [-0.2, -0.15) is 0 Å². The number of likely N-dealkylation sites (N-methyl/N-ethyl adjacent to an activating group) is 1. The molecule has 0 spiro atoms. The van der Waals surface area contributed by atoms with Crippen LogP contribution in [0.2, 0.25) is 0 Å². The summed E-state index contributed by atoms with van der Waals surface area (Å²) in [6.07, 6.45) is 2.71. The van der Waals surface area contributed by atoms with E-state index in [0.717, 1.165) is 19.0 Å². The first-order valence-electron chi connectivity index (χ1n) is 6.12. The highest BCUT2D eigenvalue weighted by Crippen LogP contribution is 2.16. The fourth-order valence-electron chi connectivity index (χ4n) is 2.06. The zero-order valence-electron chi connectivity index (χ0n) is 10.8. The van der Waals surface area contributed by atoms with Gasteiger partial charge in [0.2, 0.25) is 0 Å². The number of hydrogen-bond acceptors (Lipinski definition) is 3. The molecule has 0 amide bonds. The molecule has 1 heterocycles. The molecule has 1 rings (SSSR count). The number of likely N-dealkylation sites (tertiary alicyclic amines) is 1. The van der Waals surface area contributed by atoms with Crippen molar-refractivity contribution in [2.24, 2.45) is 5.92 Å². The van der Waals surface area contributed by atoms with Gasteiger partial charge in [0, 0.05) is 18.6 Å². The van der Waals surface area contributed by atoms with E-state index in [-0.39, 0.29) is 5.54 Å². The molecule has 0 radical (unpaired) electrons. The largest absolute Gasteiger partial charge is 0.315 e. The molecule has 1 unspecified atom stereocenters. The van der Waals surface area contributed by atoms with E-state index < -0.39 is 0 Å². The van der Waals surface area contributed by atoms with Crippen molar-refractivity contribution in [1.82, 2.24) is 15.5 Å². The molecule has 3 heteroatoms. The Labute approximate surface area is 94.6 Å². The summed E-state index contributed by atoms with van der Waals surface area (Å²) < 4.78 is 0. The van der Waals surface area contributed by atoms with Gasteiger partial charge in [-0.15, -0.1) is 0 Å². The molecule has 1 saturated heterocycles. The third-order valence-electron chi connectivity index (χ3n) is 3.46. The molecule has 0 aromatic heterocycles. The third kappa shape index (κ3) is 4.96. The highest BCUT2D eigenvalue weighted by atomic mass is 15.1. The molecule has 1 atom stereocenters. The van der Waals surface area contributed by atoms with Crippen molar-refractivity contribution in [2.75, 3.05) is 40.3 Å². The first-order chi connectivity index (χ1) is 7.03. The fraction of sp³-hybridized carbons (Fsp3) is 1.00. The highest BCUT2D eigenvalue weighted by molar-refractivity contribution is 4.79. The molecule has 0 bridgehead atoms. The second-order valence-corrected chi connectivity index (χ2v) is 5.52. The topological polar surface area (TPSA) is 27.3 Å². The maximum Gasteiger partial charge on any atom is 0.0246 e. The van der Waals surface area contributed by atoms with E-state index in [1.165, 1.54) is 25.9 Å². The van der Waals surface area contributed by atoms with E-state index in [0.29, 0.717) is 0 Å². The maximum atomic E-state index is 3.54. The number of hydrogen-bond donors (Lipinski definition) is 2. The smallest absolute Gasteiger partial charge is 0.0246 e. The Hall–Kier alpha value is -0.120. The van der Waals surface area contributed by atoms with Gasteiger partial charge in [0.25, 0.3) is 0 Å². The second-order valence-electron chi connectivity index (χ2n) is 5.52. The molecule has 1 aliphatic heterocycles. The van der Waals surface area contributed by atoms with Crippen LogP contribution in [0.4, 0.5) is 0 Å². The van der Waals surface area contributed by atoms with Gasteiger partial charge >= 0.3 is 0 Å². The van der Waals surface area contributed by atoms with Crippen LogP contribution in [-0.2, 0) is 0 Å². The summed E-state index contributed by atoms with van der Waals surface area (Å²) in [4.78, 5) is 2.43. The van der Waals surface area contributed by atoms with Crippen molar-refractivity contribution >= 4 is 0 Å². The van der Waals surface area contributed by atoms with Crippen LogP contribution in [0.25, 0.3) is 0 Å². The Morgan fingerprint density at radius 3 is 2.67 bits per heavy atom.